The number of hydroxylamine groups is 1. The number of anilines is 1. The lowest BCUT2D eigenvalue weighted by atomic mass is 9.99. The van der Waals surface area contributed by atoms with Crippen molar-refractivity contribution in [1.29, 1.82) is 0 Å². The van der Waals surface area contributed by atoms with Crippen LogP contribution in [0, 0.1) is 0 Å². The lowest BCUT2D eigenvalue weighted by Crippen LogP contribution is -2.52. The Kier molecular flexibility index (Phi) is 3.67. The number of carbonyl (C=O) groups excluding carboxylic acids is 2. The Morgan fingerprint density at radius 1 is 1.40 bits per heavy atom. The number of para-hydroxylation sites is 1. The fourth-order valence-corrected chi connectivity index (χ4v) is 2.03. The van der Waals surface area contributed by atoms with Gasteiger partial charge in [-0.25, -0.2) is 4.79 Å². The zero-order valence-electron chi connectivity index (χ0n) is 11.7. The molecule has 6 nitrogen and oxygen atoms in total. The van der Waals surface area contributed by atoms with Crippen molar-refractivity contribution < 1.29 is 19.5 Å². The van der Waals surface area contributed by atoms with Gasteiger partial charge < -0.3 is 10.1 Å². The molecule has 0 fully saturated rings. The molecule has 0 aromatic heterocycles. The van der Waals surface area contributed by atoms with Crippen LogP contribution in [0.2, 0.25) is 0 Å². The molecule has 1 aromatic carbocycles. The third-order valence-corrected chi connectivity index (χ3v) is 2.84. The van der Waals surface area contributed by atoms with Gasteiger partial charge in [-0.3, -0.25) is 10.0 Å². The predicted molar refractivity (Wildman–Crippen MR) is 72.6 cm³/mol. The van der Waals surface area contributed by atoms with Crippen LogP contribution in [0.4, 0.5) is 10.5 Å². The molecule has 1 aliphatic rings. The number of rotatable bonds is 1. The van der Waals surface area contributed by atoms with Crippen LogP contribution in [-0.4, -0.2) is 28.9 Å². The Bertz CT molecular complexity index is 536. The molecule has 1 aromatic rings. The van der Waals surface area contributed by atoms with Gasteiger partial charge in [0.05, 0.1) is 5.69 Å². The second-order valence-corrected chi connectivity index (χ2v) is 5.68. The van der Waals surface area contributed by atoms with Crippen LogP contribution < -0.4 is 10.4 Å². The normalized spacial score (nSPS) is 18.5. The maximum absolute atomic E-state index is 12.0. The van der Waals surface area contributed by atoms with Crippen LogP contribution in [0.3, 0.4) is 0 Å². The van der Waals surface area contributed by atoms with Gasteiger partial charge in [-0.2, -0.15) is 5.06 Å². The minimum atomic E-state index is -0.829. The molecule has 0 saturated heterocycles. The van der Waals surface area contributed by atoms with E-state index in [1.807, 2.05) is 6.07 Å². The largest absolute Gasteiger partial charge is 0.444 e. The van der Waals surface area contributed by atoms with Gasteiger partial charge in [0.2, 0.25) is 0 Å². The van der Waals surface area contributed by atoms with Crippen molar-refractivity contribution in [1.82, 2.24) is 5.32 Å². The number of benzene rings is 1. The Balaban J connectivity index is 2.12. The van der Waals surface area contributed by atoms with Gasteiger partial charge >= 0.3 is 6.09 Å². The molecule has 0 bridgehead atoms. The second-order valence-electron chi connectivity index (χ2n) is 5.68. The van der Waals surface area contributed by atoms with Gasteiger partial charge in [0, 0.05) is 6.42 Å². The number of amides is 2. The van der Waals surface area contributed by atoms with Crippen LogP contribution in [0.1, 0.15) is 26.3 Å². The van der Waals surface area contributed by atoms with Crippen molar-refractivity contribution in [2.45, 2.75) is 38.8 Å². The second kappa shape index (κ2) is 5.13. The molecule has 108 valence electrons. The summed E-state index contributed by atoms with van der Waals surface area (Å²) in [6.45, 7) is 5.22. The first-order chi connectivity index (χ1) is 9.28. The monoisotopic (exact) mass is 278 g/mol. The molecule has 2 amide bonds. The van der Waals surface area contributed by atoms with E-state index in [0.717, 1.165) is 5.56 Å². The summed E-state index contributed by atoms with van der Waals surface area (Å²) >= 11 is 0. The zero-order chi connectivity index (χ0) is 14.9. The first-order valence-corrected chi connectivity index (χ1v) is 6.38. The minimum absolute atomic E-state index is 0.325. The lowest BCUT2D eigenvalue weighted by Gasteiger charge is -2.30. The maximum Gasteiger partial charge on any atom is 0.408 e. The number of ether oxygens (including phenoxy) is 1. The molecule has 1 aliphatic heterocycles. The number of nitrogens with zero attached hydrogens (tertiary/aromatic N) is 1. The molecule has 0 spiro atoms. The van der Waals surface area contributed by atoms with E-state index < -0.39 is 23.6 Å². The average Bonchev–Trinajstić information content (AvgIpc) is 2.33. The molecular formula is C14H18N2O4. The van der Waals surface area contributed by atoms with E-state index in [-0.39, 0.29) is 0 Å². The first-order valence-electron chi connectivity index (χ1n) is 6.38. The molecule has 1 atom stereocenters. The van der Waals surface area contributed by atoms with Crippen LogP contribution in [0.5, 0.6) is 0 Å². The maximum atomic E-state index is 12.0. The van der Waals surface area contributed by atoms with Crippen molar-refractivity contribution in [2.24, 2.45) is 0 Å². The highest BCUT2D eigenvalue weighted by molar-refractivity contribution is 5.99. The molecule has 1 heterocycles. The fourth-order valence-electron chi connectivity index (χ4n) is 2.03. The third kappa shape index (κ3) is 3.08. The minimum Gasteiger partial charge on any atom is -0.444 e. The van der Waals surface area contributed by atoms with Crippen molar-refractivity contribution in [3.63, 3.8) is 0 Å². The quantitative estimate of drug-likeness (QED) is 0.768. The van der Waals surface area contributed by atoms with Gasteiger partial charge in [0.25, 0.3) is 5.91 Å². The lowest BCUT2D eigenvalue weighted by molar-refractivity contribution is -0.126. The molecule has 0 unspecified atom stereocenters. The number of fused-ring (bicyclic) bond motifs is 1. The summed E-state index contributed by atoms with van der Waals surface area (Å²) in [6.07, 6.45) is -0.352. The molecule has 2 N–H and O–H groups in total. The number of hydrogen-bond donors (Lipinski definition) is 2. The van der Waals surface area contributed by atoms with Gasteiger partial charge in [0.15, 0.2) is 0 Å². The molecular weight excluding hydrogens is 260 g/mol. The summed E-state index contributed by atoms with van der Waals surface area (Å²) in [7, 11) is 0. The summed E-state index contributed by atoms with van der Waals surface area (Å²) in [5.74, 6) is -0.574. The van der Waals surface area contributed by atoms with Gasteiger partial charge in [0.1, 0.15) is 11.6 Å². The Hall–Kier alpha value is -2.08. The molecule has 0 saturated carbocycles. The predicted octanol–water partition coefficient (Wildman–Crippen LogP) is 1.86. The smallest absolute Gasteiger partial charge is 0.408 e. The summed E-state index contributed by atoms with van der Waals surface area (Å²) in [5, 5.41) is 12.9. The number of nitrogens with one attached hydrogen (secondary N) is 1. The Morgan fingerprint density at radius 2 is 2.05 bits per heavy atom. The van der Waals surface area contributed by atoms with E-state index in [4.69, 9.17) is 4.74 Å². The van der Waals surface area contributed by atoms with E-state index in [0.29, 0.717) is 17.2 Å². The summed E-state index contributed by atoms with van der Waals surface area (Å²) < 4.78 is 5.11. The molecule has 2 rings (SSSR count). The first kappa shape index (κ1) is 14.3. The Labute approximate surface area is 117 Å². The van der Waals surface area contributed by atoms with E-state index in [2.05, 4.69) is 5.32 Å². The Morgan fingerprint density at radius 3 is 2.70 bits per heavy atom. The molecule has 20 heavy (non-hydrogen) atoms. The number of alkyl carbamates (subject to hydrolysis) is 1. The van der Waals surface area contributed by atoms with Crippen molar-refractivity contribution in [3.05, 3.63) is 29.8 Å². The zero-order valence-corrected chi connectivity index (χ0v) is 11.7. The molecule has 6 heteroatoms. The molecule has 0 aliphatic carbocycles. The van der Waals surface area contributed by atoms with Crippen molar-refractivity contribution >= 4 is 17.7 Å². The van der Waals surface area contributed by atoms with E-state index in [1.165, 1.54) is 0 Å². The van der Waals surface area contributed by atoms with E-state index in [1.54, 1.807) is 39.0 Å². The topological polar surface area (TPSA) is 78.9 Å². The van der Waals surface area contributed by atoms with Gasteiger partial charge in [-0.15, -0.1) is 0 Å². The number of carbonyl (C=O) groups is 2. The van der Waals surface area contributed by atoms with Crippen LogP contribution >= 0.6 is 0 Å². The van der Waals surface area contributed by atoms with Crippen LogP contribution in [0.15, 0.2) is 24.3 Å². The fraction of sp³-hybridized carbons (Fsp3) is 0.429. The third-order valence-electron chi connectivity index (χ3n) is 2.84. The number of hydrogen-bond acceptors (Lipinski definition) is 4. The van der Waals surface area contributed by atoms with E-state index in [9.17, 15) is 14.8 Å². The van der Waals surface area contributed by atoms with E-state index >= 15 is 0 Å². The van der Waals surface area contributed by atoms with Gasteiger partial charge in [-0.05, 0) is 32.4 Å². The highest BCUT2D eigenvalue weighted by Crippen LogP contribution is 2.26. The van der Waals surface area contributed by atoms with Gasteiger partial charge in [-0.1, -0.05) is 18.2 Å². The highest BCUT2D eigenvalue weighted by atomic mass is 16.6. The standard InChI is InChI=1S/C14H18N2O4/c1-14(2,3)20-13(18)15-10-8-9-6-4-5-7-11(9)16(19)12(10)17/h4-7,10,19H,8H2,1-3H3,(H,15,18)/t10-/m0/s1. The van der Waals surface area contributed by atoms with Crippen molar-refractivity contribution in [2.75, 3.05) is 5.06 Å². The summed E-state index contributed by atoms with van der Waals surface area (Å²) in [5.41, 5.74) is 0.592. The van der Waals surface area contributed by atoms with Crippen LogP contribution in [0.25, 0.3) is 0 Å². The summed E-state index contributed by atoms with van der Waals surface area (Å²) in [6, 6.07) is 6.17. The average molecular weight is 278 g/mol. The SMILES string of the molecule is CC(C)(C)OC(=O)N[C@H]1Cc2ccccc2N(O)C1=O. The molecule has 0 radical (unpaired) electrons. The highest BCUT2D eigenvalue weighted by Gasteiger charge is 2.34. The van der Waals surface area contributed by atoms with Crippen LogP contribution in [-0.2, 0) is 16.0 Å². The summed E-state index contributed by atoms with van der Waals surface area (Å²) in [4.78, 5) is 23.7. The van der Waals surface area contributed by atoms with Crippen molar-refractivity contribution in [3.8, 4) is 0 Å².